The molecular formula is C25H45N5O5. The minimum atomic E-state index is -0.931. The van der Waals surface area contributed by atoms with Gasteiger partial charge in [0.05, 0.1) is 6.04 Å². The second-order valence-electron chi connectivity index (χ2n) is 12.7. The number of hydrogen-bond acceptors (Lipinski definition) is 5. The van der Waals surface area contributed by atoms with E-state index in [1.165, 1.54) is 0 Å². The lowest BCUT2D eigenvalue weighted by atomic mass is 9.84. The van der Waals surface area contributed by atoms with E-state index in [2.05, 4.69) is 26.6 Å². The summed E-state index contributed by atoms with van der Waals surface area (Å²) in [6.07, 6.45) is 1.74. The molecule has 0 radical (unpaired) electrons. The van der Waals surface area contributed by atoms with Gasteiger partial charge in [-0.15, -0.1) is 0 Å². The maximum atomic E-state index is 13.3. The number of nitrogens with one attached hydrogen (secondary N) is 5. The standard InChI is InChI=1S/C25H45N5O5/c1-23(2,3)13-17(20(33)27-16(14-31)12-15-10-11-26-19(15)32)28-21(34)18(24(4,5)6)29-22(35)30-25(7,8)9/h14-18H,10-13H2,1-9H3,(H,26,32)(H,27,33)(H,28,34)(H2,29,30,35). The monoisotopic (exact) mass is 495 g/mol. The SMILES string of the molecule is CC(C)(C)CC(NC(=O)C(NC(=O)NC(C)(C)C)C(C)(C)C)C(=O)NC(C=O)CC1CCNC1=O. The van der Waals surface area contributed by atoms with Gasteiger partial charge in [-0.1, -0.05) is 41.5 Å². The zero-order valence-corrected chi connectivity index (χ0v) is 22.8. The first-order valence-corrected chi connectivity index (χ1v) is 12.2. The Hall–Kier alpha value is -2.65. The molecule has 1 saturated heterocycles. The predicted octanol–water partition coefficient (Wildman–Crippen LogP) is 1.63. The van der Waals surface area contributed by atoms with Crippen LogP contribution in [0.15, 0.2) is 0 Å². The quantitative estimate of drug-likeness (QED) is 0.309. The zero-order chi connectivity index (χ0) is 27.2. The molecule has 0 spiro atoms. The number of rotatable bonds is 9. The molecule has 10 nitrogen and oxygen atoms in total. The Bertz CT molecular complexity index is 792. The van der Waals surface area contributed by atoms with E-state index in [4.69, 9.17) is 0 Å². The number of aldehydes is 1. The maximum Gasteiger partial charge on any atom is 0.315 e. The van der Waals surface area contributed by atoms with Crippen molar-refractivity contribution in [1.29, 1.82) is 0 Å². The third-order valence-electron chi connectivity index (χ3n) is 5.53. The van der Waals surface area contributed by atoms with Gasteiger partial charge in [0.1, 0.15) is 18.4 Å². The summed E-state index contributed by atoms with van der Waals surface area (Å²) in [6.45, 7) is 17.3. The Balaban J connectivity index is 3.02. The van der Waals surface area contributed by atoms with Crippen LogP contribution in [0.5, 0.6) is 0 Å². The highest BCUT2D eigenvalue weighted by molar-refractivity contribution is 5.93. The fourth-order valence-corrected chi connectivity index (χ4v) is 3.87. The van der Waals surface area contributed by atoms with Gasteiger partial charge >= 0.3 is 6.03 Å². The molecule has 1 rings (SSSR count). The number of amides is 5. The van der Waals surface area contributed by atoms with Gasteiger partial charge in [-0.3, -0.25) is 14.4 Å². The van der Waals surface area contributed by atoms with E-state index in [0.717, 1.165) is 0 Å². The summed E-state index contributed by atoms with van der Waals surface area (Å²) in [7, 11) is 0. The minimum Gasteiger partial charge on any atom is -0.356 e. The van der Waals surface area contributed by atoms with Crippen LogP contribution in [-0.4, -0.2) is 60.2 Å². The van der Waals surface area contributed by atoms with Gasteiger partial charge in [-0.05, 0) is 50.9 Å². The summed E-state index contributed by atoms with van der Waals surface area (Å²) >= 11 is 0. The Morgan fingerprint density at radius 1 is 0.971 bits per heavy atom. The van der Waals surface area contributed by atoms with E-state index in [1.807, 2.05) is 62.3 Å². The van der Waals surface area contributed by atoms with Gasteiger partial charge in [0.15, 0.2) is 0 Å². The summed E-state index contributed by atoms with van der Waals surface area (Å²) in [6, 6.07) is -3.17. The summed E-state index contributed by atoms with van der Waals surface area (Å²) in [5.41, 5.74) is -1.44. The summed E-state index contributed by atoms with van der Waals surface area (Å²) < 4.78 is 0. The Kier molecular flexibility index (Phi) is 10.3. The number of hydrogen-bond donors (Lipinski definition) is 5. The number of urea groups is 1. The van der Waals surface area contributed by atoms with Gasteiger partial charge in [0, 0.05) is 18.0 Å². The van der Waals surface area contributed by atoms with Gasteiger partial charge in [0.25, 0.3) is 0 Å². The normalized spacial score (nSPS) is 19.1. The van der Waals surface area contributed by atoms with Crippen LogP contribution < -0.4 is 26.6 Å². The third kappa shape index (κ3) is 11.1. The van der Waals surface area contributed by atoms with Crippen LogP contribution in [0.25, 0.3) is 0 Å². The van der Waals surface area contributed by atoms with Crippen molar-refractivity contribution in [3.05, 3.63) is 0 Å². The molecule has 4 atom stereocenters. The predicted molar refractivity (Wildman–Crippen MR) is 134 cm³/mol. The van der Waals surface area contributed by atoms with E-state index in [0.29, 0.717) is 25.7 Å². The van der Waals surface area contributed by atoms with Gasteiger partial charge in [-0.2, -0.15) is 0 Å². The van der Waals surface area contributed by atoms with E-state index >= 15 is 0 Å². The lowest BCUT2D eigenvalue weighted by Gasteiger charge is -2.34. The van der Waals surface area contributed by atoms with Crippen molar-refractivity contribution in [2.75, 3.05) is 6.54 Å². The highest BCUT2D eigenvalue weighted by Gasteiger charge is 2.37. The molecule has 0 aromatic rings. The highest BCUT2D eigenvalue weighted by Crippen LogP contribution is 2.24. The van der Waals surface area contributed by atoms with Crippen molar-refractivity contribution in [2.24, 2.45) is 16.7 Å². The van der Waals surface area contributed by atoms with Crippen molar-refractivity contribution >= 4 is 30.0 Å². The smallest absolute Gasteiger partial charge is 0.315 e. The highest BCUT2D eigenvalue weighted by atomic mass is 16.2. The van der Waals surface area contributed by atoms with E-state index in [-0.39, 0.29) is 23.7 Å². The van der Waals surface area contributed by atoms with E-state index < -0.39 is 46.9 Å². The second kappa shape index (κ2) is 11.9. The molecule has 4 unspecified atom stereocenters. The Morgan fingerprint density at radius 3 is 2.00 bits per heavy atom. The fourth-order valence-electron chi connectivity index (χ4n) is 3.87. The van der Waals surface area contributed by atoms with Crippen molar-refractivity contribution < 1.29 is 24.0 Å². The first kappa shape index (κ1) is 30.4. The molecule has 1 heterocycles. The van der Waals surface area contributed by atoms with Crippen LogP contribution >= 0.6 is 0 Å². The second-order valence-corrected chi connectivity index (χ2v) is 12.7. The first-order chi connectivity index (χ1) is 15.8. The van der Waals surface area contributed by atoms with Crippen LogP contribution in [0, 0.1) is 16.7 Å². The third-order valence-corrected chi connectivity index (χ3v) is 5.53. The van der Waals surface area contributed by atoms with Crippen molar-refractivity contribution in [2.45, 2.75) is 105 Å². The van der Waals surface area contributed by atoms with Crippen LogP contribution in [0.1, 0.15) is 81.6 Å². The fraction of sp³-hybridized carbons (Fsp3) is 0.800. The first-order valence-electron chi connectivity index (χ1n) is 12.2. The van der Waals surface area contributed by atoms with Crippen LogP contribution in [0.3, 0.4) is 0 Å². The topological polar surface area (TPSA) is 146 Å². The van der Waals surface area contributed by atoms with Crippen LogP contribution in [0.4, 0.5) is 4.79 Å². The molecule has 0 aliphatic carbocycles. The number of carbonyl (C=O) groups excluding carboxylic acids is 5. The average Bonchev–Trinajstić information content (AvgIpc) is 3.06. The Morgan fingerprint density at radius 2 is 1.57 bits per heavy atom. The van der Waals surface area contributed by atoms with Crippen molar-refractivity contribution in [3.8, 4) is 0 Å². The maximum absolute atomic E-state index is 13.3. The lowest BCUT2D eigenvalue weighted by Crippen LogP contribution is -2.61. The molecule has 10 heteroatoms. The molecule has 200 valence electrons. The molecule has 1 fully saturated rings. The molecule has 1 aliphatic rings. The van der Waals surface area contributed by atoms with Crippen LogP contribution in [-0.2, 0) is 19.2 Å². The lowest BCUT2D eigenvalue weighted by molar-refractivity contribution is -0.133. The van der Waals surface area contributed by atoms with Gasteiger partial charge < -0.3 is 31.4 Å². The molecular weight excluding hydrogens is 450 g/mol. The molecule has 0 saturated carbocycles. The summed E-state index contributed by atoms with van der Waals surface area (Å²) in [5, 5.41) is 13.7. The van der Waals surface area contributed by atoms with Crippen molar-refractivity contribution in [1.82, 2.24) is 26.6 Å². The molecule has 0 aromatic carbocycles. The molecule has 5 amide bonds. The minimum absolute atomic E-state index is 0.127. The molecule has 1 aliphatic heterocycles. The molecule has 35 heavy (non-hydrogen) atoms. The molecule has 0 bridgehead atoms. The Labute approximate surface area is 209 Å². The number of carbonyl (C=O) groups is 5. The molecule has 0 aromatic heterocycles. The van der Waals surface area contributed by atoms with Crippen molar-refractivity contribution in [3.63, 3.8) is 0 Å². The van der Waals surface area contributed by atoms with Gasteiger partial charge in [-0.25, -0.2) is 4.79 Å². The average molecular weight is 496 g/mol. The summed E-state index contributed by atoms with van der Waals surface area (Å²) in [4.78, 5) is 62.5. The zero-order valence-electron chi connectivity index (χ0n) is 22.8. The van der Waals surface area contributed by atoms with Gasteiger partial charge in [0.2, 0.25) is 17.7 Å². The largest absolute Gasteiger partial charge is 0.356 e. The molecule has 5 N–H and O–H groups in total. The summed E-state index contributed by atoms with van der Waals surface area (Å²) in [5.74, 6) is -1.46. The van der Waals surface area contributed by atoms with E-state index in [9.17, 15) is 24.0 Å². The van der Waals surface area contributed by atoms with E-state index in [1.54, 1.807) is 0 Å². The van der Waals surface area contributed by atoms with Crippen LogP contribution in [0.2, 0.25) is 0 Å².